The molecule has 6 heteroatoms. The quantitative estimate of drug-likeness (QED) is 0.924. The summed E-state index contributed by atoms with van der Waals surface area (Å²) in [7, 11) is 0. The van der Waals surface area contributed by atoms with E-state index in [0.29, 0.717) is 13.1 Å². The van der Waals surface area contributed by atoms with Gasteiger partial charge in [-0.3, -0.25) is 0 Å². The molecule has 0 unspecified atom stereocenters. The molecule has 1 aliphatic heterocycles. The first kappa shape index (κ1) is 13.6. The predicted octanol–water partition coefficient (Wildman–Crippen LogP) is 2.87. The van der Waals surface area contributed by atoms with E-state index in [9.17, 15) is 9.18 Å². The fourth-order valence-corrected chi connectivity index (χ4v) is 2.77. The van der Waals surface area contributed by atoms with Gasteiger partial charge >= 0.3 is 6.09 Å². The molecule has 0 atom stereocenters. The number of benzene rings is 1. The van der Waals surface area contributed by atoms with Gasteiger partial charge in [0.25, 0.3) is 0 Å². The van der Waals surface area contributed by atoms with Gasteiger partial charge in [0.15, 0.2) is 0 Å². The molecule has 0 saturated carbocycles. The Kier molecular flexibility index (Phi) is 3.60. The van der Waals surface area contributed by atoms with Gasteiger partial charge in [0.2, 0.25) is 0 Å². The summed E-state index contributed by atoms with van der Waals surface area (Å²) >= 11 is 0. The van der Waals surface area contributed by atoms with Crippen molar-refractivity contribution in [3.63, 3.8) is 0 Å². The molecule has 1 aromatic carbocycles. The minimum Gasteiger partial charge on any atom is -0.465 e. The number of likely N-dealkylation sites (tertiary alicyclic amines) is 1. The second-order valence-corrected chi connectivity index (χ2v) is 5.18. The number of hydrogen-bond acceptors (Lipinski definition) is 2. The van der Waals surface area contributed by atoms with Crippen LogP contribution in [0.4, 0.5) is 9.18 Å². The minimum absolute atomic E-state index is 0.223. The van der Waals surface area contributed by atoms with Crippen LogP contribution in [-0.4, -0.2) is 38.7 Å². The molecule has 2 aromatic rings. The second kappa shape index (κ2) is 5.55. The number of aromatic nitrogens is 2. The average molecular weight is 289 g/mol. The summed E-state index contributed by atoms with van der Waals surface area (Å²) in [6.45, 7) is 1.05. The number of imidazole rings is 1. The van der Waals surface area contributed by atoms with E-state index in [1.807, 2.05) is 10.8 Å². The number of piperidine rings is 1. The van der Waals surface area contributed by atoms with E-state index in [2.05, 4.69) is 4.98 Å². The summed E-state index contributed by atoms with van der Waals surface area (Å²) in [5, 5.41) is 8.98. The Bertz CT molecular complexity index is 631. The van der Waals surface area contributed by atoms with Crippen LogP contribution >= 0.6 is 0 Å². The van der Waals surface area contributed by atoms with E-state index >= 15 is 0 Å². The Morgan fingerprint density at radius 3 is 2.52 bits per heavy atom. The van der Waals surface area contributed by atoms with Crippen LogP contribution in [-0.2, 0) is 0 Å². The maximum atomic E-state index is 13.0. The van der Waals surface area contributed by atoms with Crippen molar-refractivity contribution >= 4 is 6.09 Å². The van der Waals surface area contributed by atoms with Crippen molar-refractivity contribution in [1.82, 2.24) is 14.5 Å². The van der Waals surface area contributed by atoms with E-state index in [0.717, 1.165) is 24.4 Å². The van der Waals surface area contributed by atoms with Gasteiger partial charge in [0.05, 0.1) is 0 Å². The fraction of sp³-hybridized carbons (Fsp3) is 0.333. The summed E-state index contributed by atoms with van der Waals surface area (Å²) < 4.78 is 15.0. The third-order valence-electron chi connectivity index (χ3n) is 3.90. The van der Waals surface area contributed by atoms with Gasteiger partial charge in [0, 0.05) is 37.1 Å². The second-order valence-electron chi connectivity index (χ2n) is 5.18. The molecular formula is C15H16FN3O2. The van der Waals surface area contributed by atoms with Crippen molar-refractivity contribution in [1.29, 1.82) is 0 Å². The number of halogens is 1. The highest BCUT2D eigenvalue weighted by Gasteiger charge is 2.26. The highest BCUT2D eigenvalue weighted by molar-refractivity contribution is 5.65. The molecule has 0 spiro atoms. The van der Waals surface area contributed by atoms with E-state index in [1.54, 1.807) is 18.3 Å². The molecule has 5 nitrogen and oxygen atoms in total. The summed E-state index contributed by atoms with van der Waals surface area (Å²) in [6.07, 6.45) is 4.22. The van der Waals surface area contributed by atoms with E-state index in [1.165, 1.54) is 17.0 Å². The van der Waals surface area contributed by atoms with Crippen LogP contribution in [0.15, 0.2) is 36.7 Å². The van der Waals surface area contributed by atoms with Crippen molar-refractivity contribution < 1.29 is 14.3 Å². The van der Waals surface area contributed by atoms with Gasteiger partial charge < -0.3 is 14.6 Å². The van der Waals surface area contributed by atoms with Crippen LogP contribution in [0, 0.1) is 5.82 Å². The third-order valence-corrected chi connectivity index (χ3v) is 3.90. The van der Waals surface area contributed by atoms with Gasteiger partial charge in [-0.15, -0.1) is 0 Å². The highest BCUT2D eigenvalue weighted by atomic mass is 19.1. The summed E-state index contributed by atoms with van der Waals surface area (Å²) in [5.41, 5.74) is 0.865. The number of nitrogens with zero attached hydrogens (tertiary/aromatic N) is 3. The van der Waals surface area contributed by atoms with Crippen molar-refractivity contribution in [2.75, 3.05) is 13.1 Å². The highest BCUT2D eigenvalue weighted by Crippen LogP contribution is 2.28. The first-order valence-electron chi connectivity index (χ1n) is 6.92. The topological polar surface area (TPSA) is 58.4 Å². The zero-order valence-electron chi connectivity index (χ0n) is 11.4. The molecule has 3 rings (SSSR count). The minimum atomic E-state index is -0.865. The van der Waals surface area contributed by atoms with Crippen LogP contribution < -0.4 is 0 Å². The Balaban J connectivity index is 1.80. The maximum Gasteiger partial charge on any atom is 0.407 e. The molecule has 0 aliphatic carbocycles. The zero-order chi connectivity index (χ0) is 14.8. The van der Waals surface area contributed by atoms with Crippen molar-refractivity contribution in [3.8, 4) is 5.69 Å². The molecule has 1 aliphatic rings. The Labute approximate surface area is 121 Å². The van der Waals surface area contributed by atoms with Gasteiger partial charge in [0.1, 0.15) is 11.6 Å². The Morgan fingerprint density at radius 2 is 1.90 bits per heavy atom. The lowest BCUT2D eigenvalue weighted by molar-refractivity contribution is 0.131. The maximum absolute atomic E-state index is 13.0. The monoisotopic (exact) mass is 289 g/mol. The number of hydrogen-bond donors (Lipinski definition) is 1. The molecule has 0 radical (unpaired) electrons. The Morgan fingerprint density at radius 1 is 1.24 bits per heavy atom. The number of carboxylic acid groups (broad SMARTS) is 1. The molecule has 1 N–H and O–H groups in total. The number of amides is 1. The van der Waals surface area contributed by atoms with Gasteiger partial charge in [-0.2, -0.15) is 0 Å². The van der Waals surface area contributed by atoms with Crippen LogP contribution in [0.1, 0.15) is 24.6 Å². The number of carbonyl (C=O) groups is 1. The molecule has 21 heavy (non-hydrogen) atoms. The zero-order valence-corrected chi connectivity index (χ0v) is 11.4. The van der Waals surface area contributed by atoms with Crippen LogP contribution in [0.25, 0.3) is 5.69 Å². The van der Waals surface area contributed by atoms with E-state index < -0.39 is 6.09 Å². The van der Waals surface area contributed by atoms with Gasteiger partial charge in [-0.1, -0.05) is 0 Å². The van der Waals surface area contributed by atoms with Crippen molar-refractivity contribution in [3.05, 3.63) is 48.3 Å². The van der Waals surface area contributed by atoms with Crippen LogP contribution in [0.5, 0.6) is 0 Å². The lowest BCUT2D eigenvalue weighted by Crippen LogP contribution is -2.37. The first-order valence-corrected chi connectivity index (χ1v) is 6.92. The molecule has 1 amide bonds. The summed E-state index contributed by atoms with van der Waals surface area (Å²) in [5.74, 6) is 0.863. The lowest BCUT2D eigenvalue weighted by atomic mass is 9.96. The average Bonchev–Trinajstić information content (AvgIpc) is 2.97. The molecule has 1 saturated heterocycles. The predicted molar refractivity (Wildman–Crippen MR) is 75.1 cm³/mol. The molecule has 1 fully saturated rings. The SMILES string of the molecule is O=C(O)N1CCC(c2nccn2-c2ccc(F)cc2)CC1. The Hall–Kier alpha value is -2.37. The molecular weight excluding hydrogens is 273 g/mol. The normalized spacial score (nSPS) is 16.1. The number of rotatable bonds is 2. The molecule has 2 heterocycles. The molecule has 110 valence electrons. The smallest absolute Gasteiger partial charge is 0.407 e. The van der Waals surface area contributed by atoms with Crippen molar-refractivity contribution in [2.24, 2.45) is 0 Å². The standard InChI is InChI=1S/C15H16FN3O2/c16-12-1-3-13(4-2-12)19-10-7-17-14(19)11-5-8-18(9-6-11)15(20)21/h1-4,7,10-11H,5-6,8-9H2,(H,20,21). The molecule has 0 bridgehead atoms. The largest absolute Gasteiger partial charge is 0.465 e. The summed E-state index contributed by atoms with van der Waals surface area (Å²) in [4.78, 5) is 16.8. The third kappa shape index (κ3) is 2.74. The van der Waals surface area contributed by atoms with Gasteiger partial charge in [-0.25, -0.2) is 14.2 Å². The fourth-order valence-electron chi connectivity index (χ4n) is 2.77. The van der Waals surface area contributed by atoms with Crippen molar-refractivity contribution in [2.45, 2.75) is 18.8 Å². The van der Waals surface area contributed by atoms with E-state index in [-0.39, 0.29) is 11.7 Å². The lowest BCUT2D eigenvalue weighted by Gasteiger charge is -2.29. The van der Waals surface area contributed by atoms with Gasteiger partial charge in [-0.05, 0) is 37.1 Å². The first-order chi connectivity index (χ1) is 10.1. The van der Waals surface area contributed by atoms with Crippen LogP contribution in [0.3, 0.4) is 0 Å². The van der Waals surface area contributed by atoms with E-state index in [4.69, 9.17) is 5.11 Å². The summed E-state index contributed by atoms with van der Waals surface area (Å²) in [6, 6.07) is 6.28. The van der Waals surface area contributed by atoms with Crippen LogP contribution in [0.2, 0.25) is 0 Å². The molecule has 1 aromatic heterocycles.